The van der Waals surface area contributed by atoms with Crippen molar-refractivity contribution in [2.24, 2.45) is 0 Å². The number of aliphatic hydroxyl groups is 1. The largest absolute Gasteiger partial charge is 0.391 e. The zero-order valence-electron chi connectivity index (χ0n) is 11.7. The first kappa shape index (κ1) is 16.6. The minimum Gasteiger partial charge on any atom is -0.391 e. The molecule has 0 amide bonds. The number of rotatable bonds is 7. The SMILES string of the molecule is CCN(C(C)COC)S(=O)(=O)c1cc(C)c(CO)s1. The molecule has 19 heavy (non-hydrogen) atoms. The lowest BCUT2D eigenvalue weighted by Gasteiger charge is -2.25. The molecule has 0 radical (unpaired) electrons. The number of hydrogen-bond donors (Lipinski definition) is 1. The van der Waals surface area contributed by atoms with Crippen molar-refractivity contribution in [1.29, 1.82) is 0 Å². The average Bonchev–Trinajstić information content (AvgIpc) is 2.72. The third-order valence-electron chi connectivity index (χ3n) is 2.92. The van der Waals surface area contributed by atoms with Crippen LogP contribution in [0.15, 0.2) is 10.3 Å². The first-order valence-corrected chi connectivity index (χ1v) is 8.35. The van der Waals surface area contributed by atoms with E-state index in [1.807, 2.05) is 6.92 Å². The summed E-state index contributed by atoms with van der Waals surface area (Å²) in [5.41, 5.74) is 0.807. The molecule has 0 aliphatic rings. The number of thiophene rings is 1. The Bertz CT molecular complexity index is 510. The quantitative estimate of drug-likeness (QED) is 0.831. The van der Waals surface area contributed by atoms with Crippen LogP contribution in [-0.4, -0.2) is 44.1 Å². The Hall–Kier alpha value is -0.470. The van der Waals surface area contributed by atoms with Crippen molar-refractivity contribution in [2.75, 3.05) is 20.3 Å². The van der Waals surface area contributed by atoms with Crippen molar-refractivity contribution >= 4 is 21.4 Å². The Morgan fingerprint density at radius 2 is 2.16 bits per heavy atom. The predicted molar refractivity (Wildman–Crippen MR) is 75.9 cm³/mol. The lowest BCUT2D eigenvalue weighted by molar-refractivity contribution is 0.143. The molecule has 0 bridgehead atoms. The van der Waals surface area contributed by atoms with E-state index in [9.17, 15) is 8.42 Å². The van der Waals surface area contributed by atoms with E-state index in [0.717, 1.165) is 16.9 Å². The van der Waals surface area contributed by atoms with Gasteiger partial charge in [-0.3, -0.25) is 0 Å². The first-order chi connectivity index (χ1) is 8.88. The summed E-state index contributed by atoms with van der Waals surface area (Å²) in [5, 5.41) is 9.17. The summed E-state index contributed by atoms with van der Waals surface area (Å²) in [6, 6.07) is 1.40. The van der Waals surface area contributed by atoms with Crippen LogP contribution in [0.3, 0.4) is 0 Å². The molecule has 1 atom stereocenters. The van der Waals surface area contributed by atoms with Gasteiger partial charge < -0.3 is 9.84 Å². The second kappa shape index (κ2) is 6.81. The standard InChI is InChI=1S/C12H21NO4S2/c1-5-13(10(3)8-17-4)19(15,16)12-6-9(2)11(7-14)18-12/h6,10,14H,5,7-8H2,1-4H3. The maximum absolute atomic E-state index is 12.6. The van der Waals surface area contributed by atoms with Crippen molar-refractivity contribution in [1.82, 2.24) is 4.31 Å². The minimum absolute atomic E-state index is 0.133. The molecular formula is C12H21NO4S2. The highest BCUT2D eigenvalue weighted by Gasteiger charge is 2.29. The van der Waals surface area contributed by atoms with Crippen LogP contribution in [-0.2, 0) is 21.4 Å². The Kier molecular flexibility index (Phi) is 5.94. The van der Waals surface area contributed by atoms with E-state index in [4.69, 9.17) is 9.84 Å². The molecule has 1 unspecified atom stereocenters. The highest BCUT2D eigenvalue weighted by Crippen LogP contribution is 2.29. The van der Waals surface area contributed by atoms with E-state index >= 15 is 0 Å². The van der Waals surface area contributed by atoms with E-state index in [1.165, 1.54) is 4.31 Å². The molecule has 0 aliphatic carbocycles. The number of aliphatic hydroxyl groups excluding tert-OH is 1. The molecule has 1 N–H and O–H groups in total. The second-order valence-electron chi connectivity index (χ2n) is 4.34. The Morgan fingerprint density at radius 1 is 1.53 bits per heavy atom. The van der Waals surface area contributed by atoms with Crippen molar-refractivity contribution in [3.63, 3.8) is 0 Å². The van der Waals surface area contributed by atoms with Crippen LogP contribution in [0.4, 0.5) is 0 Å². The van der Waals surface area contributed by atoms with E-state index in [2.05, 4.69) is 0 Å². The summed E-state index contributed by atoms with van der Waals surface area (Å²) < 4.78 is 31.8. The van der Waals surface area contributed by atoms with Gasteiger partial charge in [-0.15, -0.1) is 11.3 Å². The lowest BCUT2D eigenvalue weighted by atomic mass is 10.3. The van der Waals surface area contributed by atoms with Crippen LogP contribution in [0.2, 0.25) is 0 Å². The molecule has 0 aliphatic heterocycles. The van der Waals surface area contributed by atoms with E-state index in [-0.39, 0.29) is 16.9 Å². The molecule has 0 fully saturated rings. The number of likely N-dealkylation sites (N-methyl/N-ethyl adjacent to an activating group) is 1. The molecule has 0 spiro atoms. The van der Waals surface area contributed by atoms with Gasteiger partial charge in [-0.2, -0.15) is 4.31 Å². The van der Waals surface area contributed by atoms with E-state index < -0.39 is 10.0 Å². The highest BCUT2D eigenvalue weighted by molar-refractivity contribution is 7.91. The van der Waals surface area contributed by atoms with Crippen LogP contribution in [0.5, 0.6) is 0 Å². The Labute approximate surface area is 118 Å². The number of aryl methyl sites for hydroxylation is 1. The number of nitrogens with zero attached hydrogens (tertiary/aromatic N) is 1. The molecule has 5 nitrogen and oxygen atoms in total. The second-order valence-corrected chi connectivity index (χ2v) is 7.60. The Balaban J connectivity index is 3.12. The van der Waals surface area contributed by atoms with Gasteiger partial charge in [-0.25, -0.2) is 8.42 Å². The molecular weight excluding hydrogens is 286 g/mol. The molecule has 1 rings (SSSR count). The topological polar surface area (TPSA) is 66.8 Å². The monoisotopic (exact) mass is 307 g/mol. The van der Waals surface area contributed by atoms with Crippen LogP contribution >= 0.6 is 11.3 Å². The lowest BCUT2D eigenvalue weighted by Crippen LogP contribution is -2.40. The van der Waals surface area contributed by atoms with Gasteiger partial charge in [0.1, 0.15) is 4.21 Å². The first-order valence-electron chi connectivity index (χ1n) is 6.09. The fourth-order valence-corrected chi connectivity index (χ4v) is 5.14. The van der Waals surface area contributed by atoms with Crippen LogP contribution < -0.4 is 0 Å². The summed E-state index contributed by atoms with van der Waals surface area (Å²) in [6.45, 7) is 6.03. The van der Waals surface area contributed by atoms with Crippen molar-refractivity contribution < 1.29 is 18.3 Å². The Morgan fingerprint density at radius 3 is 2.58 bits per heavy atom. The third-order valence-corrected chi connectivity index (χ3v) is 6.68. The molecule has 0 aromatic carbocycles. The smallest absolute Gasteiger partial charge is 0.252 e. The number of methoxy groups -OCH3 is 1. The maximum atomic E-state index is 12.6. The molecule has 110 valence electrons. The van der Waals surface area contributed by atoms with E-state index in [0.29, 0.717) is 18.0 Å². The van der Waals surface area contributed by atoms with E-state index in [1.54, 1.807) is 27.0 Å². The molecule has 0 saturated carbocycles. The van der Waals surface area contributed by atoms with Crippen molar-refractivity contribution in [3.8, 4) is 0 Å². The average molecular weight is 307 g/mol. The zero-order valence-corrected chi connectivity index (χ0v) is 13.3. The van der Waals surface area contributed by atoms with Gasteiger partial charge in [0.05, 0.1) is 13.2 Å². The molecule has 7 heteroatoms. The molecule has 1 heterocycles. The van der Waals surface area contributed by atoms with Gasteiger partial charge in [-0.05, 0) is 25.5 Å². The van der Waals surface area contributed by atoms with Crippen molar-refractivity contribution in [3.05, 3.63) is 16.5 Å². The summed E-state index contributed by atoms with van der Waals surface area (Å²) in [7, 11) is -1.97. The fraction of sp³-hybridized carbons (Fsp3) is 0.667. The number of ether oxygens (including phenoxy) is 1. The molecule has 1 aromatic rings. The summed E-state index contributed by atoms with van der Waals surface area (Å²) in [6.07, 6.45) is 0. The number of sulfonamides is 1. The van der Waals surface area contributed by atoms with Crippen LogP contribution in [0.1, 0.15) is 24.3 Å². The van der Waals surface area contributed by atoms with Gasteiger partial charge in [-0.1, -0.05) is 6.92 Å². The number of hydrogen-bond acceptors (Lipinski definition) is 5. The zero-order chi connectivity index (χ0) is 14.6. The predicted octanol–water partition coefficient (Wildman–Crippen LogP) is 1.59. The summed E-state index contributed by atoms with van der Waals surface area (Å²) >= 11 is 1.13. The van der Waals surface area contributed by atoms with Crippen LogP contribution in [0, 0.1) is 6.92 Å². The van der Waals surface area contributed by atoms with Gasteiger partial charge in [0.2, 0.25) is 0 Å². The fourth-order valence-electron chi connectivity index (χ4n) is 1.93. The van der Waals surface area contributed by atoms with Crippen molar-refractivity contribution in [2.45, 2.75) is 37.6 Å². The molecule has 0 saturated heterocycles. The van der Waals surface area contributed by atoms with Gasteiger partial charge in [0.15, 0.2) is 0 Å². The molecule has 1 aromatic heterocycles. The maximum Gasteiger partial charge on any atom is 0.252 e. The third kappa shape index (κ3) is 3.55. The minimum atomic E-state index is -3.52. The highest BCUT2D eigenvalue weighted by atomic mass is 32.2. The van der Waals surface area contributed by atoms with Crippen LogP contribution in [0.25, 0.3) is 0 Å². The van der Waals surface area contributed by atoms with Gasteiger partial charge >= 0.3 is 0 Å². The summed E-state index contributed by atoms with van der Waals surface area (Å²) in [5.74, 6) is 0. The normalized spacial score (nSPS) is 14.0. The summed E-state index contributed by atoms with van der Waals surface area (Å²) in [4.78, 5) is 0.689. The van der Waals surface area contributed by atoms with Gasteiger partial charge in [0.25, 0.3) is 10.0 Å². The van der Waals surface area contributed by atoms with Gasteiger partial charge in [0, 0.05) is 24.6 Å².